The van der Waals surface area contributed by atoms with Gasteiger partial charge in [0.2, 0.25) is 0 Å². The van der Waals surface area contributed by atoms with E-state index < -0.39 is 0 Å². The number of hydrogen-bond donors (Lipinski definition) is 0. The van der Waals surface area contributed by atoms with Crippen molar-refractivity contribution >= 4 is 44.5 Å². The van der Waals surface area contributed by atoms with E-state index in [1.165, 1.54) is 77.6 Å². The average molecular weight is 774 g/mol. The second kappa shape index (κ2) is 12.7. The van der Waals surface area contributed by atoms with E-state index in [0.29, 0.717) is 0 Å². The molecule has 6 nitrogen and oxygen atoms in total. The number of benzene rings is 5. The molecule has 59 heavy (non-hydrogen) atoms. The number of hydrogen-bond acceptors (Lipinski definition) is 4. The first-order chi connectivity index (χ1) is 28.6. The lowest BCUT2D eigenvalue weighted by Gasteiger charge is -2.49. The Hall–Kier alpha value is -6.01. The van der Waals surface area contributed by atoms with E-state index in [1.54, 1.807) is 0 Å². The molecule has 0 radical (unpaired) electrons. The fourth-order valence-electron chi connectivity index (χ4n) is 12.2. The molecule has 4 unspecified atom stereocenters. The van der Waals surface area contributed by atoms with Gasteiger partial charge in [0.05, 0.1) is 11.6 Å². The molecular weight excluding hydrogens is 721 g/mol. The molecule has 4 atom stereocenters. The smallest absolute Gasteiger partial charge is 0.296 e. The third-order valence-corrected chi connectivity index (χ3v) is 15.2. The molecule has 0 fully saturated rings. The zero-order valence-electron chi connectivity index (χ0n) is 35.6. The molecule has 3 aliphatic rings. The van der Waals surface area contributed by atoms with Gasteiger partial charge in [-0.15, -0.1) is 0 Å². The van der Waals surface area contributed by atoms with Crippen LogP contribution < -0.4 is 14.4 Å². The van der Waals surface area contributed by atoms with E-state index in [9.17, 15) is 0 Å². The van der Waals surface area contributed by atoms with Crippen molar-refractivity contribution in [1.29, 1.82) is 0 Å². The molecule has 0 saturated heterocycles. The van der Waals surface area contributed by atoms with Gasteiger partial charge in [-0.3, -0.25) is 0 Å². The van der Waals surface area contributed by atoms with Crippen molar-refractivity contribution in [2.75, 3.05) is 16.8 Å². The standard InChI is InChI=1S/C53H53N6/c1-9-52(7)41-23-16-22-38-40-29-32(3)25-26-43(40)59-45(46-34(5)18-15-19-35(46)6)31-57(51(59)47(38)41)53(52,10-2)28-27-39-37-21-13-14-24-42(37)58-44-30-54-48(36-20-12-11-17-33(36)4)55-49(44)56(8)50(39)58/h11-26,29-31,39,50H,9-10,27-28H2,1-8H3/q+1. The summed E-state index contributed by atoms with van der Waals surface area (Å²) in [4.78, 5) is 15.2. The second-order valence-electron chi connectivity index (χ2n) is 17.9. The zero-order valence-corrected chi connectivity index (χ0v) is 35.6. The summed E-state index contributed by atoms with van der Waals surface area (Å²) in [6.07, 6.45) is 8.84. The number of anilines is 3. The minimum Gasteiger partial charge on any atom is -0.336 e. The van der Waals surface area contributed by atoms with Crippen LogP contribution in [0, 0.1) is 27.7 Å². The molecule has 3 aliphatic heterocycles. The lowest BCUT2D eigenvalue weighted by atomic mass is 9.59. The van der Waals surface area contributed by atoms with E-state index in [4.69, 9.17) is 9.97 Å². The SMILES string of the molecule is CCC1(C)c2cccc3c4cc(C)ccc4n4c(-c5c(C)cccc5C)c[n+](c4c23)C1(CC)CCC1c2ccccc2N2c3cnc(-c4ccccc4C)nc3N(C)C12. The summed E-state index contributed by atoms with van der Waals surface area (Å²) in [5, 5.41) is 4.09. The molecule has 0 amide bonds. The normalized spacial score (nSPS) is 21.6. The number of nitrogens with zero attached hydrogens (tertiary/aromatic N) is 6. The van der Waals surface area contributed by atoms with Gasteiger partial charge in [0.1, 0.15) is 29.1 Å². The van der Waals surface area contributed by atoms with Crippen molar-refractivity contribution in [2.45, 2.75) is 97.2 Å². The molecule has 0 N–H and O–H groups in total. The molecule has 11 rings (SSSR count). The molecule has 6 heteroatoms. The Kier molecular flexibility index (Phi) is 7.80. The average Bonchev–Trinajstić information content (AvgIpc) is 3.89. The molecule has 0 saturated carbocycles. The Balaban J connectivity index is 1.11. The van der Waals surface area contributed by atoms with Crippen LogP contribution in [0.25, 0.3) is 50.0 Å². The Morgan fingerprint density at radius 1 is 0.763 bits per heavy atom. The molecule has 294 valence electrons. The van der Waals surface area contributed by atoms with E-state index in [2.05, 4.69) is 190 Å². The largest absolute Gasteiger partial charge is 0.336 e. The highest BCUT2D eigenvalue weighted by molar-refractivity contribution is 6.13. The zero-order chi connectivity index (χ0) is 40.5. The minimum atomic E-state index is -0.203. The Labute approximate surface area is 347 Å². The van der Waals surface area contributed by atoms with Gasteiger partial charge in [-0.25, -0.2) is 14.5 Å². The van der Waals surface area contributed by atoms with Crippen LogP contribution in [0.15, 0.2) is 116 Å². The summed E-state index contributed by atoms with van der Waals surface area (Å²) in [5.41, 5.74) is 16.3. The number of aromatic nitrogens is 4. The number of imidazole rings is 1. The number of pyridine rings is 1. The Morgan fingerprint density at radius 3 is 2.29 bits per heavy atom. The number of likely N-dealkylation sites (N-methyl/N-ethyl adjacent to an activating group) is 1. The highest BCUT2D eigenvalue weighted by Crippen LogP contribution is 2.58. The third-order valence-electron chi connectivity index (χ3n) is 15.2. The topological polar surface area (TPSA) is 40.6 Å². The first-order valence-corrected chi connectivity index (χ1v) is 21.7. The van der Waals surface area contributed by atoms with Gasteiger partial charge in [-0.05, 0) is 99.4 Å². The van der Waals surface area contributed by atoms with Crippen molar-refractivity contribution in [2.24, 2.45) is 0 Å². The van der Waals surface area contributed by atoms with Crippen molar-refractivity contribution < 1.29 is 4.57 Å². The maximum Gasteiger partial charge on any atom is 0.296 e. The summed E-state index contributed by atoms with van der Waals surface area (Å²) in [7, 11) is 2.25. The van der Waals surface area contributed by atoms with Gasteiger partial charge in [0, 0.05) is 46.0 Å². The lowest BCUT2D eigenvalue weighted by Crippen LogP contribution is -2.67. The van der Waals surface area contributed by atoms with Crippen LogP contribution in [0.3, 0.4) is 0 Å². The van der Waals surface area contributed by atoms with Crippen LogP contribution >= 0.6 is 0 Å². The second-order valence-corrected chi connectivity index (χ2v) is 17.9. The summed E-state index contributed by atoms with van der Waals surface area (Å²) < 4.78 is 5.42. The molecule has 0 bridgehead atoms. The van der Waals surface area contributed by atoms with E-state index in [-0.39, 0.29) is 23.0 Å². The first-order valence-electron chi connectivity index (χ1n) is 21.7. The van der Waals surface area contributed by atoms with Crippen LogP contribution in [0.1, 0.15) is 85.8 Å². The summed E-state index contributed by atoms with van der Waals surface area (Å²) in [5.74, 6) is 2.06. The van der Waals surface area contributed by atoms with Crippen LogP contribution in [0.4, 0.5) is 17.2 Å². The molecule has 0 spiro atoms. The summed E-state index contributed by atoms with van der Waals surface area (Å²) >= 11 is 0. The highest BCUT2D eigenvalue weighted by Gasteiger charge is 2.58. The molecule has 0 aliphatic carbocycles. The number of fused-ring (bicyclic) bond motifs is 8. The maximum absolute atomic E-state index is 5.29. The number of aryl methyl sites for hydroxylation is 4. The van der Waals surface area contributed by atoms with Crippen molar-refractivity contribution in [3.63, 3.8) is 0 Å². The van der Waals surface area contributed by atoms with Gasteiger partial charge in [-0.1, -0.05) is 111 Å². The van der Waals surface area contributed by atoms with E-state index in [0.717, 1.165) is 48.6 Å². The molecule has 6 heterocycles. The third kappa shape index (κ3) is 4.66. The monoisotopic (exact) mass is 773 g/mol. The first kappa shape index (κ1) is 36.1. The predicted molar refractivity (Wildman–Crippen MR) is 243 cm³/mol. The highest BCUT2D eigenvalue weighted by atomic mass is 15.5. The van der Waals surface area contributed by atoms with E-state index in [1.807, 2.05) is 0 Å². The Bertz CT molecular complexity index is 3030. The van der Waals surface area contributed by atoms with Crippen LogP contribution in [-0.4, -0.2) is 27.6 Å². The van der Waals surface area contributed by atoms with Gasteiger partial charge < -0.3 is 9.80 Å². The molecular formula is C53H53N6+. The van der Waals surface area contributed by atoms with Gasteiger partial charge in [0.25, 0.3) is 5.65 Å². The predicted octanol–water partition coefficient (Wildman–Crippen LogP) is 12.2. The van der Waals surface area contributed by atoms with Crippen LogP contribution in [-0.2, 0) is 11.0 Å². The van der Waals surface area contributed by atoms with Crippen LogP contribution in [0.5, 0.6) is 0 Å². The maximum atomic E-state index is 5.29. The Morgan fingerprint density at radius 2 is 1.51 bits per heavy atom. The van der Waals surface area contributed by atoms with E-state index >= 15 is 0 Å². The lowest BCUT2D eigenvalue weighted by molar-refractivity contribution is -0.755. The molecule has 5 aromatic carbocycles. The van der Waals surface area contributed by atoms with Crippen molar-refractivity contribution in [1.82, 2.24) is 14.4 Å². The van der Waals surface area contributed by atoms with Crippen molar-refractivity contribution in [3.8, 4) is 22.6 Å². The van der Waals surface area contributed by atoms with Crippen LogP contribution in [0.2, 0.25) is 0 Å². The quantitative estimate of drug-likeness (QED) is 0.119. The fraction of sp³-hybridized carbons (Fsp3) is 0.302. The van der Waals surface area contributed by atoms with Gasteiger partial charge in [-0.2, -0.15) is 4.40 Å². The summed E-state index contributed by atoms with van der Waals surface area (Å²) in [6.45, 7) is 16.4. The number of rotatable bonds is 7. The fourth-order valence-corrected chi connectivity index (χ4v) is 12.2. The van der Waals surface area contributed by atoms with Gasteiger partial charge >= 0.3 is 0 Å². The minimum absolute atomic E-state index is 0.112. The molecule has 3 aromatic heterocycles. The van der Waals surface area contributed by atoms with Gasteiger partial charge in [0.15, 0.2) is 17.3 Å². The van der Waals surface area contributed by atoms with Crippen molar-refractivity contribution in [3.05, 3.63) is 149 Å². The molecule has 8 aromatic rings. The number of para-hydroxylation sites is 1. The summed E-state index contributed by atoms with van der Waals surface area (Å²) in [6, 6.07) is 38.5.